The van der Waals surface area contributed by atoms with Crippen LogP contribution in [0.5, 0.6) is 0 Å². The summed E-state index contributed by atoms with van der Waals surface area (Å²) in [5.41, 5.74) is 14.7. The number of hydrogen-bond donors (Lipinski definition) is 0. The monoisotopic (exact) mass is 731 g/mol. The van der Waals surface area contributed by atoms with E-state index in [0.29, 0.717) is 5.92 Å². The molecule has 0 N–H and O–H groups in total. The molecule has 0 unspecified atom stereocenters. The van der Waals surface area contributed by atoms with Crippen LogP contribution in [0.25, 0.3) is 66.1 Å². The van der Waals surface area contributed by atoms with Gasteiger partial charge in [-0.2, -0.15) is 0 Å². The van der Waals surface area contributed by atoms with Crippen molar-refractivity contribution in [1.82, 2.24) is 0 Å². The van der Waals surface area contributed by atoms with Gasteiger partial charge in [-0.25, -0.2) is 0 Å². The minimum absolute atomic E-state index is 0.584. The van der Waals surface area contributed by atoms with Crippen molar-refractivity contribution in [1.29, 1.82) is 0 Å². The average molecular weight is 732 g/mol. The molecule has 1 aliphatic rings. The normalized spacial score (nSPS) is 13.2. The fourth-order valence-electron chi connectivity index (χ4n) is 9.47. The van der Waals surface area contributed by atoms with Crippen LogP contribution in [-0.2, 0) is 0 Å². The summed E-state index contributed by atoms with van der Waals surface area (Å²) in [5, 5.41) is 5.15. The molecule has 0 aromatic heterocycles. The molecule has 0 amide bonds. The number of benzene rings is 9. The average Bonchev–Trinajstić information content (AvgIpc) is 3.30. The lowest BCUT2D eigenvalue weighted by molar-refractivity contribution is 0.445. The maximum Gasteiger partial charge on any atom is 0.0540 e. The van der Waals surface area contributed by atoms with Crippen molar-refractivity contribution < 1.29 is 0 Å². The topological polar surface area (TPSA) is 3.24 Å². The minimum Gasteiger partial charge on any atom is -0.309 e. The lowest BCUT2D eigenvalue weighted by atomic mass is 9.80. The molecule has 0 spiro atoms. The summed E-state index contributed by atoms with van der Waals surface area (Å²) in [7, 11) is 0. The third-order valence-corrected chi connectivity index (χ3v) is 12.1. The first-order chi connectivity index (χ1) is 28.3. The van der Waals surface area contributed by atoms with E-state index in [-0.39, 0.29) is 0 Å². The Balaban J connectivity index is 1.23. The van der Waals surface area contributed by atoms with Crippen molar-refractivity contribution >= 4 is 38.6 Å². The molecule has 9 aromatic rings. The van der Waals surface area contributed by atoms with Gasteiger partial charge in [-0.3, -0.25) is 0 Å². The SMILES string of the molecule is c1ccc(-c2ccccc2-c2ccccc2-c2ccccc2N(c2ccccc2-c2cccc3cccc(C4CCCCC4)c23)c2cccc3ccccc23)cc1. The van der Waals surface area contributed by atoms with E-state index in [9.17, 15) is 0 Å². The molecule has 1 aliphatic carbocycles. The predicted molar refractivity (Wildman–Crippen MR) is 244 cm³/mol. The molecule has 0 radical (unpaired) electrons. The summed E-state index contributed by atoms with van der Waals surface area (Å²) in [6.07, 6.45) is 6.48. The largest absolute Gasteiger partial charge is 0.309 e. The van der Waals surface area contributed by atoms with Gasteiger partial charge >= 0.3 is 0 Å². The van der Waals surface area contributed by atoms with Crippen molar-refractivity contribution in [2.45, 2.75) is 38.0 Å². The van der Waals surface area contributed by atoms with Crippen LogP contribution in [0.4, 0.5) is 17.1 Å². The molecule has 274 valence electrons. The summed E-state index contributed by atoms with van der Waals surface area (Å²) in [5.74, 6) is 0.584. The smallest absolute Gasteiger partial charge is 0.0540 e. The number of anilines is 3. The van der Waals surface area contributed by atoms with Crippen LogP contribution < -0.4 is 4.90 Å². The van der Waals surface area contributed by atoms with Crippen LogP contribution in [0.2, 0.25) is 0 Å². The summed E-state index contributed by atoms with van der Waals surface area (Å²) < 4.78 is 0. The Morgan fingerprint density at radius 1 is 0.316 bits per heavy atom. The number of hydrogen-bond acceptors (Lipinski definition) is 1. The molecule has 0 heterocycles. The first kappa shape index (κ1) is 34.8. The molecule has 0 aliphatic heterocycles. The zero-order chi connectivity index (χ0) is 38.0. The van der Waals surface area contributed by atoms with Crippen molar-refractivity contribution in [3.8, 4) is 44.5 Å². The Hall–Kier alpha value is -6.70. The molecule has 1 saturated carbocycles. The quantitative estimate of drug-likeness (QED) is 0.150. The molecule has 57 heavy (non-hydrogen) atoms. The summed E-state index contributed by atoms with van der Waals surface area (Å²) in [4.78, 5) is 2.54. The Labute approximate surface area is 336 Å². The standard InChI is InChI=1S/C56H45N/c1-3-20-40(21-4-1)44-28-9-10-30-47(44)48-31-11-12-32-49(48)50-33-13-15-37-54(50)57(53-39-19-25-41-24-7-8-29-45(41)53)55-38-16-14-34-51(55)52-36-18-27-43-26-17-35-46(56(43)52)42-22-5-2-6-23-42/h1,3-4,7-21,24-39,42H,2,5-6,22-23H2. The first-order valence-corrected chi connectivity index (χ1v) is 20.6. The van der Waals surface area contributed by atoms with Gasteiger partial charge in [0.1, 0.15) is 0 Å². The van der Waals surface area contributed by atoms with Crippen LogP contribution in [0, 0.1) is 0 Å². The highest BCUT2D eigenvalue weighted by atomic mass is 15.1. The van der Waals surface area contributed by atoms with E-state index in [0.717, 1.165) is 17.1 Å². The van der Waals surface area contributed by atoms with Crippen LogP contribution in [0.3, 0.4) is 0 Å². The summed E-state index contributed by atoms with van der Waals surface area (Å²) in [6.45, 7) is 0. The molecule has 1 fully saturated rings. The Morgan fingerprint density at radius 3 is 1.49 bits per heavy atom. The maximum atomic E-state index is 2.54. The van der Waals surface area contributed by atoms with E-state index in [1.54, 1.807) is 0 Å². The highest BCUT2D eigenvalue weighted by molar-refractivity contribution is 6.07. The molecule has 0 saturated heterocycles. The van der Waals surface area contributed by atoms with Gasteiger partial charge < -0.3 is 4.90 Å². The second-order valence-corrected chi connectivity index (χ2v) is 15.4. The van der Waals surface area contributed by atoms with Gasteiger partial charge in [0.2, 0.25) is 0 Å². The van der Waals surface area contributed by atoms with E-state index >= 15 is 0 Å². The predicted octanol–water partition coefficient (Wildman–Crippen LogP) is 16.2. The first-order valence-electron chi connectivity index (χ1n) is 20.6. The molecule has 10 rings (SSSR count). The number of nitrogens with zero attached hydrogens (tertiary/aromatic N) is 1. The summed E-state index contributed by atoms with van der Waals surface area (Å²) >= 11 is 0. The second-order valence-electron chi connectivity index (χ2n) is 15.4. The fourth-order valence-corrected chi connectivity index (χ4v) is 9.47. The lowest BCUT2D eigenvalue weighted by Crippen LogP contribution is -2.13. The Morgan fingerprint density at radius 2 is 0.772 bits per heavy atom. The van der Waals surface area contributed by atoms with E-state index in [4.69, 9.17) is 0 Å². The molecular formula is C56H45N. The molecule has 9 aromatic carbocycles. The molecule has 1 nitrogen and oxygen atoms in total. The second kappa shape index (κ2) is 15.4. The van der Waals surface area contributed by atoms with Gasteiger partial charge in [0.15, 0.2) is 0 Å². The third kappa shape index (κ3) is 6.50. The zero-order valence-electron chi connectivity index (χ0n) is 32.2. The number of fused-ring (bicyclic) bond motifs is 2. The van der Waals surface area contributed by atoms with Crippen molar-refractivity contribution in [2.24, 2.45) is 0 Å². The van der Waals surface area contributed by atoms with Gasteiger partial charge in [-0.1, -0.05) is 207 Å². The zero-order valence-corrected chi connectivity index (χ0v) is 32.2. The van der Waals surface area contributed by atoms with Crippen molar-refractivity contribution in [2.75, 3.05) is 4.90 Å². The number of para-hydroxylation sites is 2. The highest BCUT2D eigenvalue weighted by Gasteiger charge is 2.25. The van der Waals surface area contributed by atoms with E-state index < -0.39 is 0 Å². The van der Waals surface area contributed by atoms with Gasteiger partial charge in [0.05, 0.1) is 17.1 Å². The fraction of sp³-hybridized carbons (Fsp3) is 0.107. The van der Waals surface area contributed by atoms with Crippen LogP contribution in [-0.4, -0.2) is 0 Å². The highest BCUT2D eigenvalue weighted by Crippen LogP contribution is 2.50. The van der Waals surface area contributed by atoms with Crippen LogP contribution >= 0.6 is 0 Å². The van der Waals surface area contributed by atoms with Crippen LogP contribution in [0.1, 0.15) is 43.6 Å². The molecular weight excluding hydrogens is 687 g/mol. The van der Waals surface area contributed by atoms with E-state index in [1.165, 1.54) is 104 Å². The molecule has 1 heteroatoms. The number of rotatable bonds is 8. The van der Waals surface area contributed by atoms with E-state index in [1.807, 2.05) is 0 Å². The van der Waals surface area contributed by atoms with Gasteiger partial charge in [-0.05, 0) is 92.1 Å². The Bertz CT molecular complexity index is 2830. The van der Waals surface area contributed by atoms with E-state index in [2.05, 4.69) is 211 Å². The molecule has 0 atom stereocenters. The Kier molecular flexibility index (Phi) is 9.42. The molecule has 0 bridgehead atoms. The van der Waals surface area contributed by atoms with Crippen molar-refractivity contribution in [3.63, 3.8) is 0 Å². The van der Waals surface area contributed by atoms with Gasteiger partial charge in [0.25, 0.3) is 0 Å². The summed E-state index contributed by atoms with van der Waals surface area (Å²) in [6, 6.07) is 76.0. The van der Waals surface area contributed by atoms with Crippen molar-refractivity contribution in [3.05, 3.63) is 212 Å². The van der Waals surface area contributed by atoms with Crippen LogP contribution in [0.15, 0.2) is 206 Å². The maximum absolute atomic E-state index is 2.54. The lowest BCUT2D eigenvalue weighted by Gasteiger charge is -2.32. The van der Waals surface area contributed by atoms with Gasteiger partial charge in [-0.15, -0.1) is 0 Å². The third-order valence-electron chi connectivity index (χ3n) is 12.1. The van der Waals surface area contributed by atoms with Gasteiger partial charge in [0, 0.05) is 16.5 Å². The minimum atomic E-state index is 0.584.